The first kappa shape index (κ1) is 15.3. The SMILES string of the molecule is O=C(NC(CC1CC1)C(=O)O)c1ccc(-c2ccc(F)cc2)o1. The maximum atomic E-state index is 12.9. The first-order valence-corrected chi connectivity index (χ1v) is 7.42. The van der Waals surface area contributed by atoms with E-state index in [4.69, 9.17) is 4.42 Å². The molecule has 3 rings (SSSR count). The highest BCUT2D eigenvalue weighted by molar-refractivity contribution is 5.94. The summed E-state index contributed by atoms with van der Waals surface area (Å²) in [7, 11) is 0. The van der Waals surface area contributed by atoms with Gasteiger partial charge in [-0.2, -0.15) is 0 Å². The quantitative estimate of drug-likeness (QED) is 0.858. The lowest BCUT2D eigenvalue weighted by molar-refractivity contribution is -0.139. The number of furan rings is 1. The lowest BCUT2D eigenvalue weighted by Crippen LogP contribution is -2.41. The molecule has 0 radical (unpaired) electrons. The number of halogens is 1. The number of benzene rings is 1. The molecular formula is C17H16FNO4. The highest BCUT2D eigenvalue weighted by Gasteiger charge is 2.30. The number of carbonyl (C=O) groups is 2. The molecule has 0 spiro atoms. The lowest BCUT2D eigenvalue weighted by Gasteiger charge is -2.12. The Bertz CT molecular complexity index is 718. The molecule has 1 aromatic heterocycles. The molecule has 5 nitrogen and oxygen atoms in total. The third-order valence-corrected chi connectivity index (χ3v) is 3.83. The van der Waals surface area contributed by atoms with Gasteiger partial charge in [-0.1, -0.05) is 12.8 Å². The van der Waals surface area contributed by atoms with Crippen LogP contribution in [0.15, 0.2) is 40.8 Å². The fourth-order valence-corrected chi connectivity index (χ4v) is 2.37. The van der Waals surface area contributed by atoms with Crippen LogP contribution in [0.3, 0.4) is 0 Å². The molecule has 1 heterocycles. The van der Waals surface area contributed by atoms with E-state index < -0.39 is 17.9 Å². The maximum Gasteiger partial charge on any atom is 0.326 e. The van der Waals surface area contributed by atoms with Crippen molar-refractivity contribution in [2.45, 2.75) is 25.3 Å². The second-order valence-corrected chi connectivity index (χ2v) is 5.71. The molecule has 0 aliphatic heterocycles. The van der Waals surface area contributed by atoms with Gasteiger partial charge in [0.25, 0.3) is 5.91 Å². The van der Waals surface area contributed by atoms with Crippen LogP contribution in [0.25, 0.3) is 11.3 Å². The molecule has 23 heavy (non-hydrogen) atoms. The molecule has 1 saturated carbocycles. The van der Waals surface area contributed by atoms with Gasteiger partial charge in [-0.3, -0.25) is 4.79 Å². The van der Waals surface area contributed by atoms with Crippen LogP contribution in [0.2, 0.25) is 0 Å². The molecule has 1 atom stereocenters. The van der Waals surface area contributed by atoms with Crippen molar-refractivity contribution in [1.82, 2.24) is 5.32 Å². The van der Waals surface area contributed by atoms with E-state index in [2.05, 4.69) is 5.32 Å². The van der Waals surface area contributed by atoms with Crippen LogP contribution in [-0.2, 0) is 4.79 Å². The van der Waals surface area contributed by atoms with Gasteiger partial charge in [0, 0.05) is 5.56 Å². The number of hydrogen-bond donors (Lipinski definition) is 2. The van der Waals surface area contributed by atoms with Crippen LogP contribution in [0, 0.1) is 11.7 Å². The van der Waals surface area contributed by atoms with E-state index in [1.54, 1.807) is 18.2 Å². The summed E-state index contributed by atoms with van der Waals surface area (Å²) >= 11 is 0. The smallest absolute Gasteiger partial charge is 0.326 e. The monoisotopic (exact) mass is 317 g/mol. The molecule has 6 heteroatoms. The second kappa shape index (κ2) is 6.24. The third kappa shape index (κ3) is 3.77. The normalized spacial score (nSPS) is 15.2. The Labute approximate surface area is 132 Å². The average Bonchev–Trinajstić information content (AvgIpc) is 3.20. The molecule has 1 amide bonds. The number of carbonyl (C=O) groups excluding carboxylic acids is 1. The summed E-state index contributed by atoms with van der Waals surface area (Å²) in [5.74, 6) is -1.14. The number of carboxylic acid groups (broad SMARTS) is 1. The first-order valence-electron chi connectivity index (χ1n) is 7.42. The van der Waals surface area contributed by atoms with Gasteiger partial charge in [0.2, 0.25) is 0 Å². The zero-order chi connectivity index (χ0) is 16.4. The van der Waals surface area contributed by atoms with Crippen LogP contribution in [0.1, 0.15) is 29.8 Å². The average molecular weight is 317 g/mol. The van der Waals surface area contributed by atoms with E-state index in [0.29, 0.717) is 23.7 Å². The molecular weight excluding hydrogens is 301 g/mol. The van der Waals surface area contributed by atoms with Gasteiger partial charge < -0.3 is 14.8 Å². The Hall–Kier alpha value is -2.63. The first-order chi connectivity index (χ1) is 11.0. The van der Waals surface area contributed by atoms with Crippen molar-refractivity contribution in [3.8, 4) is 11.3 Å². The van der Waals surface area contributed by atoms with E-state index in [-0.39, 0.29) is 11.6 Å². The Morgan fingerprint density at radius 3 is 2.52 bits per heavy atom. The van der Waals surface area contributed by atoms with Crippen LogP contribution in [0.4, 0.5) is 4.39 Å². The highest BCUT2D eigenvalue weighted by atomic mass is 19.1. The third-order valence-electron chi connectivity index (χ3n) is 3.83. The summed E-state index contributed by atoms with van der Waals surface area (Å²) in [4.78, 5) is 23.3. The van der Waals surface area contributed by atoms with Crippen molar-refractivity contribution in [3.05, 3.63) is 48.0 Å². The lowest BCUT2D eigenvalue weighted by atomic mass is 10.1. The number of carboxylic acids is 1. The van der Waals surface area contributed by atoms with Crippen molar-refractivity contribution in [2.75, 3.05) is 0 Å². The summed E-state index contributed by atoms with van der Waals surface area (Å²) in [6.45, 7) is 0. The van der Waals surface area contributed by atoms with Gasteiger partial charge in [0.05, 0.1) is 0 Å². The van der Waals surface area contributed by atoms with E-state index in [0.717, 1.165) is 12.8 Å². The molecule has 2 N–H and O–H groups in total. The number of rotatable bonds is 6. The fraction of sp³-hybridized carbons (Fsp3) is 0.294. The summed E-state index contributed by atoms with van der Waals surface area (Å²) < 4.78 is 18.4. The van der Waals surface area contributed by atoms with Gasteiger partial charge in [-0.15, -0.1) is 0 Å². The number of nitrogens with one attached hydrogen (secondary N) is 1. The summed E-state index contributed by atoms with van der Waals surface area (Å²) in [5.41, 5.74) is 0.637. The van der Waals surface area contributed by atoms with E-state index in [1.807, 2.05) is 0 Å². The van der Waals surface area contributed by atoms with E-state index >= 15 is 0 Å². The van der Waals surface area contributed by atoms with Crippen LogP contribution in [0.5, 0.6) is 0 Å². The Morgan fingerprint density at radius 1 is 1.22 bits per heavy atom. The van der Waals surface area contributed by atoms with Gasteiger partial charge in [-0.25, -0.2) is 9.18 Å². The van der Waals surface area contributed by atoms with Crippen molar-refractivity contribution in [2.24, 2.45) is 5.92 Å². The van der Waals surface area contributed by atoms with Crippen molar-refractivity contribution in [3.63, 3.8) is 0 Å². The second-order valence-electron chi connectivity index (χ2n) is 5.71. The summed E-state index contributed by atoms with van der Waals surface area (Å²) in [6.07, 6.45) is 2.46. The van der Waals surface area contributed by atoms with Crippen LogP contribution in [-0.4, -0.2) is 23.0 Å². The van der Waals surface area contributed by atoms with Gasteiger partial charge in [-0.05, 0) is 48.7 Å². The van der Waals surface area contributed by atoms with Crippen molar-refractivity contribution < 1.29 is 23.5 Å². The minimum absolute atomic E-state index is 0.0337. The molecule has 1 aliphatic carbocycles. The van der Waals surface area contributed by atoms with E-state index in [9.17, 15) is 19.1 Å². The van der Waals surface area contributed by atoms with Crippen molar-refractivity contribution >= 4 is 11.9 Å². The number of hydrogen-bond acceptors (Lipinski definition) is 3. The molecule has 1 aromatic carbocycles. The molecule has 0 saturated heterocycles. The van der Waals surface area contributed by atoms with E-state index in [1.165, 1.54) is 18.2 Å². The zero-order valence-electron chi connectivity index (χ0n) is 12.3. The largest absolute Gasteiger partial charge is 0.480 e. The molecule has 1 unspecified atom stereocenters. The van der Waals surface area contributed by atoms with Crippen LogP contribution < -0.4 is 5.32 Å². The number of aliphatic carboxylic acids is 1. The molecule has 2 aromatic rings. The molecule has 1 fully saturated rings. The Balaban J connectivity index is 1.69. The predicted molar refractivity (Wildman–Crippen MR) is 80.3 cm³/mol. The van der Waals surface area contributed by atoms with Gasteiger partial charge in [0.1, 0.15) is 17.6 Å². The summed E-state index contributed by atoms with van der Waals surface area (Å²) in [5, 5.41) is 11.7. The fourth-order valence-electron chi connectivity index (χ4n) is 2.37. The zero-order valence-corrected chi connectivity index (χ0v) is 12.3. The Kier molecular flexibility index (Phi) is 4.14. The van der Waals surface area contributed by atoms with Crippen LogP contribution >= 0.6 is 0 Å². The standard InChI is InChI=1S/C17H16FNO4/c18-12-5-3-11(4-6-12)14-7-8-15(23-14)16(20)19-13(17(21)22)9-10-1-2-10/h3-8,10,13H,1-2,9H2,(H,19,20)(H,21,22). The molecule has 120 valence electrons. The van der Waals surface area contributed by atoms with Gasteiger partial charge >= 0.3 is 5.97 Å². The minimum Gasteiger partial charge on any atom is -0.480 e. The molecule has 1 aliphatic rings. The maximum absolute atomic E-state index is 12.9. The number of amides is 1. The van der Waals surface area contributed by atoms with Gasteiger partial charge in [0.15, 0.2) is 5.76 Å². The Morgan fingerprint density at radius 2 is 1.91 bits per heavy atom. The summed E-state index contributed by atoms with van der Waals surface area (Å²) in [6, 6.07) is 7.85. The topological polar surface area (TPSA) is 79.5 Å². The highest BCUT2D eigenvalue weighted by Crippen LogP contribution is 2.33. The minimum atomic E-state index is -1.05. The predicted octanol–water partition coefficient (Wildman–Crippen LogP) is 3.07. The van der Waals surface area contributed by atoms with Crippen molar-refractivity contribution in [1.29, 1.82) is 0 Å². The molecule has 0 bridgehead atoms.